The molecule has 0 aliphatic carbocycles. The number of nitrogens with zero attached hydrogens (tertiary/aromatic N) is 1. The van der Waals surface area contributed by atoms with Crippen molar-refractivity contribution < 1.29 is 13.6 Å². The van der Waals surface area contributed by atoms with Gasteiger partial charge >= 0.3 is 0 Å². The van der Waals surface area contributed by atoms with Crippen molar-refractivity contribution in [1.29, 1.82) is 0 Å². The van der Waals surface area contributed by atoms with E-state index in [9.17, 15) is 13.6 Å². The zero-order valence-corrected chi connectivity index (χ0v) is 12.1. The Morgan fingerprint density at radius 1 is 1.23 bits per heavy atom. The second-order valence-corrected chi connectivity index (χ2v) is 5.36. The maximum atomic E-state index is 13.6. The summed E-state index contributed by atoms with van der Waals surface area (Å²) in [5.41, 5.74) is 2.23. The first kappa shape index (κ1) is 14.5. The van der Waals surface area contributed by atoms with Gasteiger partial charge in [0.15, 0.2) is 0 Å². The molecule has 2 aromatic rings. The highest BCUT2D eigenvalue weighted by Crippen LogP contribution is 2.29. The molecule has 1 atom stereocenters. The summed E-state index contributed by atoms with van der Waals surface area (Å²) in [5.74, 6) is -1.76. The number of nitrogens with one attached hydrogen (secondary N) is 1. The minimum absolute atomic E-state index is 0.00858. The van der Waals surface area contributed by atoms with E-state index >= 15 is 0 Å². The summed E-state index contributed by atoms with van der Waals surface area (Å²) in [6.45, 7) is 2.53. The molecule has 3 rings (SSSR count). The van der Waals surface area contributed by atoms with Crippen LogP contribution >= 0.6 is 0 Å². The molecular weight excluding hydrogens is 286 g/mol. The van der Waals surface area contributed by atoms with Crippen molar-refractivity contribution >= 4 is 17.3 Å². The molecule has 0 aromatic heterocycles. The molecule has 0 saturated heterocycles. The number of carbonyl (C=O) groups excluding carboxylic acids is 1. The zero-order valence-electron chi connectivity index (χ0n) is 12.1. The normalized spacial score (nSPS) is 14.6. The molecule has 0 saturated carbocycles. The first-order valence-corrected chi connectivity index (χ1v) is 7.17. The van der Waals surface area contributed by atoms with Gasteiger partial charge < -0.3 is 10.2 Å². The quantitative estimate of drug-likeness (QED) is 0.943. The van der Waals surface area contributed by atoms with Crippen LogP contribution in [-0.4, -0.2) is 18.5 Å². The van der Waals surface area contributed by atoms with Crippen LogP contribution in [0, 0.1) is 11.6 Å². The summed E-state index contributed by atoms with van der Waals surface area (Å²) in [7, 11) is 0. The molecule has 1 amide bonds. The Labute approximate surface area is 127 Å². The topological polar surface area (TPSA) is 32.3 Å². The van der Waals surface area contributed by atoms with Gasteiger partial charge in [-0.05, 0) is 37.1 Å². The van der Waals surface area contributed by atoms with Gasteiger partial charge in [-0.3, -0.25) is 4.79 Å². The molecule has 22 heavy (non-hydrogen) atoms. The molecular formula is C17H16F2N2O. The van der Waals surface area contributed by atoms with Gasteiger partial charge in [0.25, 0.3) is 0 Å². The molecule has 0 bridgehead atoms. The predicted octanol–water partition coefficient (Wildman–Crippen LogP) is 3.35. The highest BCUT2D eigenvalue weighted by molar-refractivity contribution is 5.97. The van der Waals surface area contributed by atoms with Crippen molar-refractivity contribution in [2.45, 2.75) is 19.4 Å². The maximum Gasteiger partial charge on any atom is 0.246 e. The summed E-state index contributed by atoms with van der Waals surface area (Å²) < 4.78 is 26.5. The molecule has 2 aromatic carbocycles. The van der Waals surface area contributed by atoms with Crippen molar-refractivity contribution in [1.82, 2.24) is 0 Å². The van der Waals surface area contributed by atoms with Crippen LogP contribution in [-0.2, 0) is 11.2 Å². The minimum atomic E-state index is -0.776. The molecule has 114 valence electrons. The van der Waals surface area contributed by atoms with Crippen molar-refractivity contribution in [2.75, 3.05) is 16.8 Å². The lowest BCUT2D eigenvalue weighted by Gasteiger charge is -2.26. The van der Waals surface area contributed by atoms with E-state index < -0.39 is 17.7 Å². The van der Waals surface area contributed by atoms with E-state index in [0.717, 1.165) is 30.8 Å². The Kier molecular flexibility index (Phi) is 3.79. The summed E-state index contributed by atoms with van der Waals surface area (Å²) in [5, 5.41) is 2.52. The highest BCUT2D eigenvalue weighted by atomic mass is 19.1. The van der Waals surface area contributed by atoms with Crippen LogP contribution in [0.25, 0.3) is 0 Å². The number of halogens is 2. The Hall–Kier alpha value is -2.43. The first-order valence-electron chi connectivity index (χ1n) is 7.17. The molecule has 0 unspecified atom stereocenters. The number of hydrogen-bond acceptors (Lipinski definition) is 2. The van der Waals surface area contributed by atoms with Crippen LogP contribution in [0.1, 0.15) is 12.5 Å². The predicted molar refractivity (Wildman–Crippen MR) is 81.9 cm³/mol. The molecule has 0 radical (unpaired) electrons. The average molecular weight is 302 g/mol. The van der Waals surface area contributed by atoms with Crippen LogP contribution in [0.15, 0.2) is 42.5 Å². The first-order chi connectivity index (χ1) is 10.6. The van der Waals surface area contributed by atoms with Gasteiger partial charge in [-0.2, -0.15) is 0 Å². The third-order valence-corrected chi connectivity index (χ3v) is 3.96. The number of anilines is 2. The molecule has 1 N–H and O–H groups in total. The van der Waals surface area contributed by atoms with E-state index in [1.165, 1.54) is 11.6 Å². The maximum absolute atomic E-state index is 13.6. The standard InChI is InChI=1S/C17H16F2N2O/c1-11(21-9-8-12-4-2-3-5-16(12)21)17(22)20-15-7-6-13(18)10-14(15)19/h2-7,10-11H,8-9H2,1H3,(H,20,22)/t11-/m1/s1. The largest absolute Gasteiger partial charge is 0.359 e. The number of amides is 1. The third kappa shape index (κ3) is 2.66. The fourth-order valence-electron chi connectivity index (χ4n) is 2.74. The van der Waals surface area contributed by atoms with Crippen molar-refractivity contribution in [3.8, 4) is 0 Å². The van der Waals surface area contributed by atoms with Crippen molar-refractivity contribution in [3.05, 3.63) is 59.7 Å². The molecule has 1 aliphatic rings. The summed E-state index contributed by atoms with van der Waals surface area (Å²) >= 11 is 0. The lowest BCUT2D eigenvalue weighted by atomic mass is 10.1. The van der Waals surface area contributed by atoms with Crippen LogP contribution < -0.4 is 10.2 Å². The number of para-hydroxylation sites is 1. The fourth-order valence-corrected chi connectivity index (χ4v) is 2.74. The van der Waals surface area contributed by atoms with Gasteiger partial charge in [-0.25, -0.2) is 8.78 Å². The fraction of sp³-hybridized carbons (Fsp3) is 0.235. The van der Waals surface area contributed by atoms with Crippen LogP contribution in [0.2, 0.25) is 0 Å². The smallest absolute Gasteiger partial charge is 0.246 e. The summed E-state index contributed by atoms with van der Waals surface area (Å²) in [4.78, 5) is 14.3. The third-order valence-electron chi connectivity index (χ3n) is 3.96. The number of benzene rings is 2. The van der Waals surface area contributed by atoms with E-state index in [0.29, 0.717) is 0 Å². The minimum Gasteiger partial charge on any atom is -0.359 e. The summed E-state index contributed by atoms with van der Waals surface area (Å²) in [6, 6.07) is 10.6. The monoisotopic (exact) mass is 302 g/mol. The van der Waals surface area contributed by atoms with E-state index in [1.807, 2.05) is 29.2 Å². The van der Waals surface area contributed by atoms with Gasteiger partial charge in [-0.1, -0.05) is 18.2 Å². The zero-order chi connectivity index (χ0) is 15.7. The van der Waals surface area contributed by atoms with Crippen molar-refractivity contribution in [2.24, 2.45) is 0 Å². The van der Waals surface area contributed by atoms with Gasteiger partial charge in [0.05, 0.1) is 5.69 Å². The molecule has 3 nitrogen and oxygen atoms in total. The van der Waals surface area contributed by atoms with E-state index in [1.54, 1.807) is 6.92 Å². The van der Waals surface area contributed by atoms with Gasteiger partial charge in [0.2, 0.25) is 5.91 Å². The SMILES string of the molecule is C[C@H](C(=O)Nc1ccc(F)cc1F)N1CCc2ccccc21. The molecule has 0 fully saturated rings. The number of hydrogen-bond donors (Lipinski definition) is 1. The second kappa shape index (κ2) is 5.75. The molecule has 1 heterocycles. The Morgan fingerprint density at radius 2 is 2.00 bits per heavy atom. The molecule has 5 heteroatoms. The van der Waals surface area contributed by atoms with Crippen LogP contribution in [0.3, 0.4) is 0 Å². The van der Waals surface area contributed by atoms with E-state index in [2.05, 4.69) is 5.32 Å². The summed E-state index contributed by atoms with van der Waals surface area (Å²) in [6.07, 6.45) is 0.888. The number of rotatable bonds is 3. The van der Waals surface area contributed by atoms with Crippen LogP contribution in [0.4, 0.5) is 20.2 Å². The Balaban J connectivity index is 1.76. The van der Waals surface area contributed by atoms with Crippen molar-refractivity contribution in [3.63, 3.8) is 0 Å². The van der Waals surface area contributed by atoms with E-state index in [-0.39, 0.29) is 11.6 Å². The average Bonchev–Trinajstić information content (AvgIpc) is 2.93. The molecule has 1 aliphatic heterocycles. The number of carbonyl (C=O) groups is 1. The number of fused-ring (bicyclic) bond motifs is 1. The van der Waals surface area contributed by atoms with E-state index in [4.69, 9.17) is 0 Å². The Bertz CT molecular complexity index is 718. The second-order valence-electron chi connectivity index (χ2n) is 5.36. The van der Waals surface area contributed by atoms with Crippen LogP contribution in [0.5, 0.6) is 0 Å². The lowest BCUT2D eigenvalue weighted by Crippen LogP contribution is -2.41. The van der Waals surface area contributed by atoms with Gasteiger partial charge in [0.1, 0.15) is 17.7 Å². The van der Waals surface area contributed by atoms with Gasteiger partial charge in [-0.15, -0.1) is 0 Å². The molecule has 0 spiro atoms. The van der Waals surface area contributed by atoms with Gasteiger partial charge in [0, 0.05) is 18.3 Å². The highest BCUT2D eigenvalue weighted by Gasteiger charge is 2.27. The lowest BCUT2D eigenvalue weighted by molar-refractivity contribution is -0.117. The Morgan fingerprint density at radius 3 is 2.77 bits per heavy atom.